The maximum Gasteiger partial charge on any atom is 0.128 e. The summed E-state index contributed by atoms with van der Waals surface area (Å²) in [5.41, 5.74) is 6.63. The maximum absolute atomic E-state index is 13.6. The highest BCUT2D eigenvalue weighted by atomic mass is 19.1. The summed E-state index contributed by atoms with van der Waals surface area (Å²) in [5, 5.41) is 0. The van der Waals surface area contributed by atoms with Crippen molar-refractivity contribution in [2.75, 3.05) is 32.8 Å². The van der Waals surface area contributed by atoms with Gasteiger partial charge in [0.2, 0.25) is 0 Å². The topological polar surface area (TPSA) is 38.5 Å². The molecule has 1 rings (SSSR count). The van der Waals surface area contributed by atoms with Crippen LogP contribution in [-0.2, 0) is 4.74 Å². The van der Waals surface area contributed by atoms with Gasteiger partial charge >= 0.3 is 0 Å². The zero-order valence-corrected chi connectivity index (χ0v) is 11.2. The minimum absolute atomic E-state index is 0.231. The van der Waals surface area contributed by atoms with Gasteiger partial charge in [-0.2, -0.15) is 0 Å². The van der Waals surface area contributed by atoms with Gasteiger partial charge in [-0.05, 0) is 19.5 Å². The Morgan fingerprint density at radius 2 is 2.06 bits per heavy atom. The Labute approximate surface area is 109 Å². The molecule has 0 aliphatic rings. The Morgan fingerprint density at radius 1 is 1.33 bits per heavy atom. The van der Waals surface area contributed by atoms with Crippen LogP contribution in [0.15, 0.2) is 24.3 Å². The molecule has 0 aliphatic carbocycles. The number of halogens is 1. The van der Waals surface area contributed by atoms with Crippen LogP contribution in [0.1, 0.15) is 25.5 Å². The average molecular weight is 254 g/mol. The maximum atomic E-state index is 13.6. The third kappa shape index (κ3) is 4.72. The second-order valence-corrected chi connectivity index (χ2v) is 4.22. The first-order valence-electron chi connectivity index (χ1n) is 6.49. The molecule has 3 nitrogen and oxygen atoms in total. The number of likely N-dealkylation sites (N-methyl/N-ethyl adjacent to an activating group) is 1. The predicted molar refractivity (Wildman–Crippen MR) is 71.9 cm³/mol. The lowest BCUT2D eigenvalue weighted by Gasteiger charge is -2.24. The van der Waals surface area contributed by atoms with E-state index in [1.807, 2.05) is 13.0 Å². The fourth-order valence-corrected chi connectivity index (χ4v) is 1.87. The molecule has 0 bridgehead atoms. The van der Waals surface area contributed by atoms with Gasteiger partial charge in [-0.15, -0.1) is 0 Å². The number of hydrogen-bond donors (Lipinski definition) is 1. The smallest absolute Gasteiger partial charge is 0.128 e. The van der Waals surface area contributed by atoms with Crippen LogP contribution in [0.3, 0.4) is 0 Å². The molecule has 0 aromatic heterocycles. The summed E-state index contributed by atoms with van der Waals surface area (Å²) < 4.78 is 18.9. The Morgan fingerprint density at radius 3 is 2.67 bits per heavy atom. The van der Waals surface area contributed by atoms with E-state index in [1.165, 1.54) is 6.07 Å². The number of nitrogens with zero attached hydrogens (tertiary/aromatic N) is 1. The Kier molecular flexibility index (Phi) is 6.86. The number of rotatable bonds is 8. The standard InChI is InChI=1S/C14H23FN2O/c1-3-17(9-10-18-4-2)11-14(16)12-7-5-6-8-13(12)15/h5-8,14H,3-4,9-11,16H2,1-2H3. The van der Waals surface area contributed by atoms with Crippen molar-refractivity contribution in [3.8, 4) is 0 Å². The second-order valence-electron chi connectivity index (χ2n) is 4.22. The van der Waals surface area contributed by atoms with Crippen molar-refractivity contribution in [3.05, 3.63) is 35.6 Å². The normalized spacial score (nSPS) is 12.9. The molecule has 1 unspecified atom stereocenters. The molecule has 0 amide bonds. The fourth-order valence-electron chi connectivity index (χ4n) is 1.87. The van der Waals surface area contributed by atoms with E-state index in [2.05, 4.69) is 11.8 Å². The van der Waals surface area contributed by atoms with Crippen molar-refractivity contribution in [2.45, 2.75) is 19.9 Å². The molecule has 18 heavy (non-hydrogen) atoms. The first kappa shape index (κ1) is 15.1. The van der Waals surface area contributed by atoms with Crippen LogP contribution in [0, 0.1) is 5.82 Å². The molecule has 0 aliphatic heterocycles. The van der Waals surface area contributed by atoms with Gasteiger partial charge in [0.15, 0.2) is 0 Å². The lowest BCUT2D eigenvalue weighted by atomic mass is 10.1. The van der Waals surface area contributed by atoms with E-state index in [0.717, 1.165) is 19.7 Å². The van der Waals surface area contributed by atoms with Gasteiger partial charge in [-0.3, -0.25) is 4.90 Å². The molecular weight excluding hydrogens is 231 g/mol. The third-order valence-electron chi connectivity index (χ3n) is 2.96. The van der Waals surface area contributed by atoms with Crippen molar-refractivity contribution >= 4 is 0 Å². The lowest BCUT2D eigenvalue weighted by molar-refractivity contribution is 0.113. The highest BCUT2D eigenvalue weighted by Crippen LogP contribution is 2.15. The summed E-state index contributed by atoms with van der Waals surface area (Å²) >= 11 is 0. The number of benzene rings is 1. The molecule has 0 spiro atoms. The molecule has 4 heteroatoms. The summed E-state index contributed by atoms with van der Waals surface area (Å²) in [6, 6.07) is 6.39. The van der Waals surface area contributed by atoms with Crippen LogP contribution in [0.4, 0.5) is 4.39 Å². The van der Waals surface area contributed by atoms with Gasteiger partial charge in [-0.1, -0.05) is 25.1 Å². The van der Waals surface area contributed by atoms with Crippen molar-refractivity contribution in [1.29, 1.82) is 0 Å². The molecule has 0 saturated carbocycles. The minimum atomic E-state index is -0.298. The first-order chi connectivity index (χ1) is 8.69. The van der Waals surface area contributed by atoms with Crippen molar-refractivity contribution in [1.82, 2.24) is 4.90 Å². The molecule has 0 fully saturated rings. The quantitative estimate of drug-likeness (QED) is 0.723. The first-order valence-corrected chi connectivity index (χ1v) is 6.49. The summed E-state index contributed by atoms with van der Waals surface area (Å²) in [4.78, 5) is 2.17. The Balaban J connectivity index is 2.51. The third-order valence-corrected chi connectivity index (χ3v) is 2.96. The molecule has 1 aromatic rings. The minimum Gasteiger partial charge on any atom is -0.380 e. The monoisotopic (exact) mass is 254 g/mol. The van der Waals surface area contributed by atoms with Crippen LogP contribution >= 0.6 is 0 Å². The van der Waals surface area contributed by atoms with E-state index < -0.39 is 0 Å². The lowest BCUT2D eigenvalue weighted by Crippen LogP contribution is -2.35. The molecule has 2 N–H and O–H groups in total. The van der Waals surface area contributed by atoms with Crippen LogP contribution in [0.5, 0.6) is 0 Å². The number of hydrogen-bond acceptors (Lipinski definition) is 3. The Bertz CT molecular complexity index is 346. The largest absolute Gasteiger partial charge is 0.380 e. The molecule has 0 heterocycles. The van der Waals surface area contributed by atoms with Gasteiger partial charge in [0.25, 0.3) is 0 Å². The molecule has 0 saturated heterocycles. The zero-order chi connectivity index (χ0) is 13.4. The molecule has 0 radical (unpaired) electrons. The molecule has 1 atom stereocenters. The summed E-state index contributed by atoms with van der Waals surface area (Å²) in [6.07, 6.45) is 0. The van der Waals surface area contributed by atoms with E-state index in [0.29, 0.717) is 18.7 Å². The van der Waals surface area contributed by atoms with E-state index in [1.54, 1.807) is 12.1 Å². The van der Waals surface area contributed by atoms with Crippen molar-refractivity contribution < 1.29 is 9.13 Å². The molecular formula is C14H23FN2O. The summed E-state index contributed by atoms with van der Waals surface area (Å²) in [6.45, 7) is 7.80. The second kappa shape index (κ2) is 8.19. The molecule has 1 aromatic carbocycles. The van der Waals surface area contributed by atoms with Crippen LogP contribution in [0.25, 0.3) is 0 Å². The zero-order valence-electron chi connectivity index (χ0n) is 11.2. The fraction of sp³-hybridized carbons (Fsp3) is 0.571. The van der Waals surface area contributed by atoms with Crippen molar-refractivity contribution in [2.24, 2.45) is 5.73 Å². The van der Waals surface area contributed by atoms with Gasteiger partial charge in [0.1, 0.15) is 5.82 Å². The van der Waals surface area contributed by atoms with Gasteiger partial charge in [0.05, 0.1) is 6.61 Å². The van der Waals surface area contributed by atoms with Crippen molar-refractivity contribution in [3.63, 3.8) is 0 Å². The SMILES string of the molecule is CCOCCN(CC)CC(N)c1ccccc1F. The summed E-state index contributed by atoms with van der Waals surface area (Å²) in [7, 11) is 0. The van der Waals surface area contributed by atoms with Gasteiger partial charge in [0, 0.05) is 31.3 Å². The van der Waals surface area contributed by atoms with Crippen LogP contribution in [-0.4, -0.2) is 37.7 Å². The van der Waals surface area contributed by atoms with Gasteiger partial charge < -0.3 is 10.5 Å². The predicted octanol–water partition coefficient (Wildman–Crippen LogP) is 2.18. The van der Waals surface area contributed by atoms with E-state index in [-0.39, 0.29) is 11.9 Å². The summed E-state index contributed by atoms with van der Waals surface area (Å²) in [5.74, 6) is -0.231. The number of ether oxygens (including phenoxy) is 1. The Hall–Kier alpha value is -0.970. The highest BCUT2D eigenvalue weighted by molar-refractivity contribution is 5.21. The van der Waals surface area contributed by atoms with Gasteiger partial charge in [-0.25, -0.2) is 4.39 Å². The number of nitrogens with two attached hydrogens (primary N) is 1. The van der Waals surface area contributed by atoms with E-state index in [9.17, 15) is 4.39 Å². The van der Waals surface area contributed by atoms with E-state index in [4.69, 9.17) is 10.5 Å². The van der Waals surface area contributed by atoms with E-state index >= 15 is 0 Å². The highest BCUT2D eigenvalue weighted by Gasteiger charge is 2.14. The average Bonchev–Trinajstić information content (AvgIpc) is 2.38. The van der Waals surface area contributed by atoms with Crippen LogP contribution < -0.4 is 5.73 Å². The van der Waals surface area contributed by atoms with Crippen LogP contribution in [0.2, 0.25) is 0 Å². The molecule has 102 valence electrons.